The molecule has 2 aromatic rings. The number of nitrogens with one attached hydrogen (secondary N) is 1. The Morgan fingerprint density at radius 1 is 1.27 bits per heavy atom. The maximum atomic E-state index is 9.26. The molecule has 2 aromatic heterocycles. The van der Waals surface area contributed by atoms with Gasteiger partial charge in [-0.15, -0.1) is 0 Å². The molecule has 0 aromatic carbocycles. The van der Waals surface area contributed by atoms with Crippen molar-refractivity contribution < 1.29 is 5.11 Å². The number of hydrogen-bond donors (Lipinski definition) is 2. The standard InChI is InChI=1S/C17H28N4O/c1-5-6-14(8-10-22)20-17-16-15(18-13(4)19-17)7-9-21(16)11-12(2)3/h7,9,12,14,22H,5-6,8,10-11H2,1-4H3,(H,18,19,20)/t14-/m0/s1. The summed E-state index contributed by atoms with van der Waals surface area (Å²) in [6.07, 6.45) is 4.93. The molecule has 5 nitrogen and oxygen atoms in total. The average molecular weight is 304 g/mol. The van der Waals surface area contributed by atoms with E-state index in [4.69, 9.17) is 0 Å². The minimum absolute atomic E-state index is 0.192. The van der Waals surface area contributed by atoms with Crippen LogP contribution in [0.1, 0.15) is 45.9 Å². The van der Waals surface area contributed by atoms with Crippen LogP contribution < -0.4 is 5.32 Å². The van der Waals surface area contributed by atoms with Gasteiger partial charge in [-0.25, -0.2) is 9.97 Å². The van der Waals surface area contributed by atoms with Gasteiger partial charge in [0.15, 0.2) is 5.82 Å². The van der Waals surface area contributed by atoms with E-state index in [1.54, 1.807) is 0 Å². The third kappa shape index (κ3) is 3.97. The Kier molecular flexibility index (Phi) is 5.77. The van der Waals surface area contributed by atoms with Crippen LogP contribution in [0.3, 0.4) is 0 Å². The highest BCUT2D eigenvalue weighted by Crippen LogP contribution is 2.24. The highest BCUT2D eigenvalue weighted by Gasteiger charge is 2.15. The number of aliphatic hydroxyl groups excluding tert-OH is 1. The van der Waals surface area contributed by atoms with Crippen LogP contribution in [0, 0.1) is 12.8 Å². The summed E-state index contributed by atoms with van der Waals surface area (Å²) < 4.78 is 2.23. The summed E-state index contributed by atoms with van der Waals surface area (Å²) in [6, 6.07) is 2.30. The SMILES string of the molecule is CCC[C@@H](CCO)Nc1nc(C)nc2ccn(CC(C)C)c12. The molecule has 2 N–H and O–H groups in total. The number of anilines is 1. The van der Waals surface area contributed by atoms with Gasteiger partial charge in [-0.3, -0.25) is 0 Å². The first-order valence-electron chi connectivity index (χ1n) is 8.26. The summed E-state index contributed by atoms with van der Waals surface area (Å²) in [6.45, 7) is 9.64. The van der Waals surface area contributed by atoms with Crippen LogP contribution in [0.25, 0.3) is 11.0 Å². The topological polar surface area (TPSA) is 63.0 Å². The molecule has 0 spiro atoms. The number of aryl methyl sites for hydroxylation is 1. The van der Waals surface area contributed by atoms with Gasteiger partial charge in [0.05, 0.1) is 5.52 Å². The zero-order valence-electron chi connectivity index (χ0n) is 14.1. The number of aliphatic hydroxyl groups is 1. The first kappa shape index (κ1) is 16.7. The lowest BCUT2D eigenvalue weighted by Crippen LogP contribution is -2.22. The molecule has 1 atom stereocenters. The highest BCUT2D eigenvalue weighted by molar-refractivity contribution is 5.86. The number of rotatable bonds is 8. The minimum atomic E-state index is 0.192. The van der Waals surface area contributed by atoms with Crippen molar-refractivity contribution in [2.45, 2.75) is 59.5 Å². The largest absolute Gasteiger partial charge is 0.396 e. The maximum absolute atomic E-state index is 9.26. The summed E-state index contributed by atoms with van der Waals surface area (Å²) in [7, 11) is 0. The molecule has 0 fully saturated rings. The van der Waals surface area contributed by atoms with Crippen molar-refractivity contribution in [3.05, 3.63) is 18.1 Å². The summed E-state index contributed by atoms with van der Waals surface area (Å²) in [5, 5.41) is 12.8. The monoisotopic (exact) mass is 304 g/mol. The fraction of sp³-hybridized carbons (Fsp3) is 0.647. The molecular formula is C17H28N4O. The van der Waals surface area contributed by atoms with E-state index in [1.165, 1.54) is 0 Å². The lowest BCUT2D eigenvalue weighted by molar-refractivity contribution is 0.276. The fourth-order valence-corrected chi connectivity index (χ4v) is 2.86. The van der Waals surface area contributed by atoms with Crippen molar-refractivity contribution in [2.75, 3.05) is 11.9 Å². The molecule has 2 heterocycles. The van der Waals surface area contributed by atoms with E-state index in [2.05, 4.69) is 52.9 Å². The molecule has 0 aliphatic heterocycles. The van der Waals surface area contributed by atoms with Crippen LogP contribution in [0.2, 0.25) is 0 Å². The van der Waals surface area contributed by atoms with Crippen molar-refractivity contribution in [3.8, 4) is 0 Å². The summed E-state index contributed by atoms with van der Waals surface area (Å²) in [4.78, 5) is 9.16. The van der Waals surface area contributed by atoms with Crippen LogP contribution in [0.5, 0.6) is 0 Å². The third-order valence-corrected chi connectivity index (χ3v) is 3.74. The first-order valence-corrected chi connectivity index (χ1v) is 8.26. The predicted molar refractivity (Wildman–Crippen MR) is 91.1 cm³/mol. The Labute approximate surface area is 132 Å². The van der Waals surface area contributed by atoms with Crippen molar-refractivity contribution in [3.63, 3.8) is 0 Å². The van der Waals surface area contributed by atoms with E-state index in [9.17, 15) is 5.11 Å². The molecule has 5 heteroatoms. The number of fused-ring (bicyclic) bond motifs is 1. The van der Waals surface area contributed by atoms with Crippen LogP contribution in [-0.2, 0) is 6.54 Å². The molecule has 0 bridgehead atoms. The Balaban J connectivity index is 2.39. The molecular weight excluding hydrogens is 276 g/mol. The molecule has 22 heavy (non-hydrogen) atoms. The first-order chi connectivity index (χ1) is 10.5. The molecule has 122 valence electrons. The molecule has 0 saturated carbocycles. The van der Waals surface area contributed by atoms with E-state index in [0.29, 0.717) is 5.92 Å². The van der Waals surface area contributed by atoms with Crippen LogP contribution >= 0.6 is 0 Å². The van der Waals surface area contributed by atoms with Gasteiger partial charge < -0.3 is 15.0 Å². The Morgan fingerprint density at radius 2 is 2.05 bits per heavy atom. The predicted octanol–water partition coefficient (Wildman–Crippen LogP) is 3.36. The second-order valence-electron chi connectivity index (χ2n) is 6.36. The van der Waals surface area contributed by atoms with Gasteiger partial charge in [0, 0.05) is 25.4 Å². The summed E-state index contributed by atoms with van der Waals surface area (Å²) in [5.74, 6) is 2.23. The van der Waals surface area contributed by atoms with E-state index >= 15 is 0 Å². The molecule has 0 saturated heterocycles. The Bertz CT molecular complexity index is 600. The molecule has 0 radical (unpaired) electrons. The maximum Gasteiger partial charge on any atom is 0.154 e. The van der Waals surface area contributed by atoms with Crippen molar-refractivity contribution in [1.82, 2.24) is 14.5 Å². The highest BCUT2D eigenvalue weighted by atomic mass is 16.3. The summed E-state index contributed by atoms with van der Waals surface area (Å²) in [5.41, 5.74) is 2.05. The fourth-order valence-electron chi connectivity index (χ4n) is 2.86. The number of nitrogens with zero attached hydrogens (tertiary/aromatic N) is 3. The lowest BCUT2D eigenvalue weighted by atomic mass is 10.1. The van der Waals surface area contributed by atoms with Crippen LogP contribution in [-0.4, -0.2) is 32.3 Å². The second-order valence-corrected chi connectivity index (χ2v) is 6.36. The number of hydrogen-bond acceptors (Lipinski definition) is 4. The van der Waals surface area contributed by atoms with Crippen molar-refractivity contribution in [2.24, 2.45) is 5.92 Å². The lowest BCUT2D eigenvalue weighted by Gasteiger charge is -2.19. The van der Waals surface area contributed by atoms with E-state index in [0.717, 1.165) is 48.5 Å². The Morgan fingerprint density at radius 3 is 2.68 bits per heavy atom. The number of aromatic nitrogens is 3. The van der Waals surface area contributed by atoms with E-state index in [-0.39, 0.29) is 12.6 Å². The molecule has 0 amide bonds. The van der Waals surface area contributed by atoms with E-state index in [1.807, 2.05) is 6.92 Å². The van der Waals surface area contributed by atoms with Gasteiger partial charge in [-0.05, 0) is 31.7 Å². The summed E-state index contributed by atoms with van der Waals surface area (Å²) >= 11 is 0. The zero-order valence-corrected chi connectivity index (χ0v) is 14.1. The third-order valence-electron chi connectivity index (χ3n) is 3.74. The van der Waals surface area contributed by atoms with Gasteiger partial charge >= 0.3 is 0 Å². The molecule has 0 aliphatic carbocycles. The molecule has 0 aliphatic rings. The van der Waals surface area contributed by atoms with Crippen LogP contribution in [0.4, 0.5) is 5.82 Å². The molecule has 2 rings (SSSR count). The van der Waals surface area contributed by atoms with Crippen molar-refractivity contribution in [1.29, 1.82) is 0 Å². The van der Waals surface area contributed by atoms with E-state index < -0.39 is 0 Å². The van der Waals surface area contributed by atoms with Gasteiger partial charge in [0.2, 0.25) is 0 Å². The van der Waals surface area contributed by atoms with Gasteiger partial charge in [-0.1, -0.05) is 27.2 Å². The minimum Gasteiger partial charge on any atom is -0.396 e. The molecule has 0 unspecified atom stereocenters. The quantitative estimate of drug-likeness (QED) is 0.785. The van der Waals surface area contributed by atoms with Gasteiger partial charge in [0.1, 0.15) is 11.3 Å². The zero-order chi connectivity index (χ0) is 16.1. The van der Waals surface area contributed by atoms with Crippen LogP contribution in [0.15, 0.2) is 12.3 Å². The average Bonchev–Trinajstić information content (AvgIpc) is 2.81. The van der Waals surface area contributed by atoms with Gasteiger partial charge in [-0.2, -0.15) is 0 Å². The second kappa shape index (κ2) is 7.58. The van der Waals surface area contributed by atoms with Crippen molar-refractivity contribution >= 4 is 16.9 Å². The Hall–Kier alpha value is -1.62. The smallest absolute Gasteiger partial charge is 0.154 e. The van der Waals surface area contributed by atoms with Gasteiger partial charge in [0.25, 0.3) is 0 Å². The normalized spacial score (nSPS) is 13.0.